The molecule has 0 radical (unpaired) electrons. The second-order valence-electron chi connectivity index (χ2n) is 5.47. The number of nitrogens with zero attached hydrogens (tertiary/aromatic N) is 2. The first-order valence-electron chi connectivity index (χ1n) is 7.13. The number of amides is 1. The summed E-state index contributed by atoms with van der Waals surface area (Å²) in [6.45, 7) is 6.04. The monoisotopic (exact) mass is 286 g/mol. The number of aromatic nitrogens is 2. The van der Waals surface area contributed by atoms with E-state index >= 15 is 0 Å². The highest BCUT2D eigenvalue weighted by Crippen LogP contribution is 2.23. The van der Waals surface area contributed by atoms with Crippen LogP contribution in [0.1, 0.15) is 32.3 Å². The Morgan fingerprint density at radius 3 is 2.52 bits per heavy atom. The predicted molar refractivity (Wildman–Crippen MR) is 85.5 cm³/mol. The van der Waals surface area contributed by atoms with Crippen molar-refractivity contribution in [3.63, 3.8) is 0 Å². The molecule has 1 amide bonds. The van der Waals surface area contributed by atoms with Gasteiger partial charge in [-0.3, -0.25) is 9.48 Å². The zero-order valence-electron chi connectivity index (χ0n) is 12.9. The summed E-state index contributed by atoms with van der Waals surface area (Å²) < 4.78 is 1.70. The Morgan fingerprint density at radius 2 is 1.90 bits per heavy atom. The molecule has 0 fully saturated rings. The molecule has 1 atom stereocenters. The zero-order valence-corrected chi connectivity index (χ0v) is 12.9. The first-order chi connectivity index (χ1) is 9.97. The molecule has 0 aliphatic carbocycles. The molecule has 0 aliphatic rings. The number of carbonyl (C=O) groups is 1. The van der Waals surface area contributed by atoms with Crippen LogP contribution in [0.2, 0.25) is 0 Å². The van der Waals surface area contributed by atoms with Crippen molar-refractivity contribution >= 4 is 17.4 Å². The van der Waals surface area contributed by atoms with E-state index < -0.39 is 0 Å². The second kappa shape index (κ2) is 6.43. The molecule has 0 spiro atoms. The number of para-hydroxylation sites is 1. The van der Waals surface area contributed by atoms with Crippen LogP contribution in [0.3, 0.4) is 0 Å². The van der Waals surface area contributed by atoms with Crippen LogP contribution in [0.4, 0.5) is 11.5 Å². The van der Waals surface area contributed by atoms with Gasteiger partial charge in [0.15, 0.2) is 0 Å². The van der Waals surface area contributed by atoms with Crippen LogP contribution in [0.15, 0.2) is 36.5 Å². The van der Waals surface area contributed by atoms with Crippen molar-refractivity contribution in [1.29, 1.82) is 0 Å². The molecule has 0 saturated heterocycles. The summed E-state index contributed by atoms with van der Waals surface area (Å²) in [5, 5.41) is 10.3. The Kier molecular flexibility index (Phi) is 4.62. The number of hydrogen-bond acceptors (Lipinski definition) is 3. The average molecular weight is 286 g/mol. The van der Waals surface area contributed by atoms with Crippen molar-refractivity contribution in [2.75, 3.05) is 10.6 Å². The van der Waals surface area contributed by atoms with E-state index in [-0.39, 0.29) is 11.9 Å². The Morgan fingerprint density at radius 1 is 1.19 bits per heavy atom. The van der Waals surface area contributed by atoms with E-state index in [1.54, 1.807) is 4.68 Å². The summed E-state index contributed by atoms with van der Waals surface area (Å²) >= 11 is 0. The van der Waals surface area contributed by atoms with Gasteiger partial charge >= 0.3 is 0 Å². The Labute approximate surface area is 125 Å². The van der Waals surface area contributed by atoms with Crippen LogP contribution in [0, 0.1) is 0 Å². The number of aryl methyl sites for hydroxylation is 1. The maximum atomic E-state index is 12.3. The minimum atomic E-state index is -0.361. The van der Waals surface area contributed by atoms with Gasteiger partial charge in [0.1, 0.15) is 11.9 Å². The standard InChI is InChI=1S/C16H22N4O/c1-11(2)13-7-5-6-8-14(13)18-16(21)12(3)17-15-9-10-20(4)19-15/h5-12H,1-4H3,(H,17,19)(H,18,21). The van der Waals surface area contributed by atoms with Crippen molar-refractivity contribution in [3.8, 4) is 0 Å². The van der Waals surface area contributed by atoms with E-state index in [0.29, 0.717) is 11.7 Å². The lowest BCUT2D eigenvalue weighted by atomic mass is 10.0. The first kappa shape index (κ1) is 15.1. The molecule has 2 aromatic rings. The summed E-state index contributed by atoms with van der Waals surface area (Å²) in [7, 11) is 1.84. The van der Waals surface area contributed by atoms with E-state index in [4.69, 9.17) is 0 Å². The van der Waals surface area contributed by atoms with Gasteiger partial charge in [-0.05, 0) is 24.5 Å². The van der Waals surface area contributed by atoms with Crippen molar-refractivity contribution in [2.45, 2.75) is 32.7 Å². The summed E-state index contributed by atoms with van der Waals surface area (Å²) in [4.78, 5) is 12.3. The quantitative estimate of drug-likeness (QED) is 0.888. The topological polar surface area (TPSA) is 59.0 Å². The molecule has 0 aliphatic heterocycles. The van der Waals surface area contributed by atoms with Crippen molar-refractivity contribution in [2.24, 2.45) is 7.05 Å². The van der Waals surface area contributed by atoms with Crippen LogP contribution in [0.5, 0.6) is 0 Å². The van der Waals surface area contributed by atoms with E-state index in [2.05, 4.69) is 29.6 Å². The van der Waals surface area contributed by atoms with Crippen LogP contribution in [-0.2, 0) is 11.8 Å². The second-order valence-corrected chi connectivity index (χ2v) is 5.47. The predicted octanol–water partition coefficient (Wildman–Crippen LogP) is 2.98. The molecule has 1 heterocycles. The van der Waals surface area contributed by atoms with Crippen molar-refractivity contribution in [3.05, 3.63) is 42.1 Å². The van der Waals surface area contributed by atoms with Crippen LogP contribution in [0.25, 0.3) is 0 Å². The highest BCUT2D eigenvalue weighted by atomic mass is 16.2. The summed E-state index contributed by atoms with van der Waals surface area (Å²) in [5.41, 5.74) is 2.00. The largest absolute Gasteiger partial charge is 0.357 e. The third kappa shape index (κ3) is 3.84. The molecular formula is C16H22N4O. The Balaban J connectivity index is 2.04. The molecule has 112 valence electrons. The lowest BCUT2D eigenvalue weighted by molar-refractivity contribution is -0.116. The van der Waals surface area contributed by atoms with E-state index in [1.807, 2.05) is 50.5 Å². The third-order valence-corrected chi connectivity index (χ3v) is 3.31. The molecule has 21 heavy (non-hydrogen) atoms. The minimum absolute atomic E-state index is 0.0752. The molecule has 0 bridgehead atoms. The van der Waals surface area contributed by atoms with Gasteiger partial charge in [-0.15, -0.1) is 0 Å². The number of anilines is 2. The van der Waals surface area contributed by atoms with Crippen LogP contribution >= 0.6 is 0 Å². The van der Waals surface area contributed by atoms with Gasteiger partial charge in [-0.2, -0.15) is 5.10 Å². The lowest BCUT2D eigenvalue weighted by Crippen LogP contribution is -2.32. The van der Waals surface area contributed by atoms with Gasteiger partial charge in [0.25, 0.3) is 0 Å². The third-order valence-electron chi connectivity index (χ3n) is 3.31. The van der Waals surface area contributed by atoms with Crippen LogP contribution < -0.4 is 10.6 Å². The maximum Gasteiger partial charge on any atom is 0.246 e. The number of carbonyl (C=O) groups excluding carboxylic acids is 1. The first-order valence-corrected chi connectivity index (χ1v) is 7.13. The highest BCUT2D eigenvalue weighted by molar-refractivity contribution is 5.96. The van der Waals surface area contributed by atoms with Gasteiger partial charge < -0.3 is 10.6 Å². The highest BCUT2D eigenvalue weighted by Gasteiger charge is 2.15. The fourth-order valence-corrected chi connectivity index (χ4v) is 2.13. The molecular weight excluding hydrogens is 264 g/mol. The van der Waals surface area contributed by atoms with Gasteiger partial charge in [-0.1, -0.05) is 32.0 Å². The molecule has 5 nitrogen and oxygen atoms in total. The normalized spacial score (nSPS) is 12.2. The number of rotatable bonds is 5. The van der Waals surface area contributed by atoms with Gasteiger partial charge in [0.2, 0.25) is 5.91 Å². The smallest absolute Gasteiger partial charge is 0.246 e. The number of hydrogen-bond donors (Lipinski definition) is 2. The molecule has 2 N–H and O–H groups in total. The molecule has 1 unspecified atom stereocenters. The summed E-state index contributed by atoms with van der Waals surface area (Å²) in [6, 6.07) is 9.36. The molecule has 5 heteroatoms. The summed E-state index contributed by atoms with van der Waals surface area (Å²) in [5.74, 6) is 0.978. The van der Waals surface area contributed by atoms with Gasteiger partial charge in [-0.25, -0.2) is 0 Å². The van der Waals surface area contributed by atoms with E-state index in [1.165, 1.54) is 0 Å². The molecule has 1 aromatic heterocycles. The van der Waals surface area contributed by atoms with Gasteiger partial charge in [0, 0.05) is 25.0 Å². The number of benzene rings is 1. The van der Waals surface area contributed by atoms with Gasteiger partial charge in [0.05, 0.1) is 0 Å². The Bertz CT molecular complexity index is 618. The number of nitrogens with one attached hydrogen (secondary N) is 2. The fourth-order valence-electron chi connectivity index (χ4n) is 2.13. The minimum Gasteiger partial charge on any atom is -0.357 e. The average Bonchev–Trinajstić information content (AvgIpc) is 2.84. The van der Waals surface area contributed by atoms with Crippen molar-refractivity contribution < 1.29 is 4.79 Å². The zero-order chi connectivity index (χ0) is 15.4. The van der Waals surface area contributed by atoms with Crippen LogP contribution in [-0.4, -0.2) is 21.7 Å². The lowest BCUT2D eigenvalue weighted by Gasteiger charge is -2.17. The Hall–Kier alpha value is -2.30. The fraction of sp³-hybridized carbons (Fsp3) is 0.375. The summed E-state index contributed by atoms with van der Waals surface area (Å²) in [6.07, 6.45) is 1.83. The maximum absolute atomic E-state index is 12.3. The van der Waals surface area contributed by atoms with Crippen molar-refractivity contribution in [1.82, 2.24) is 9.78 Å². The van der Waals surface area contributed by atoms with E-state index in [0.717, 1.165) is 11.3 Å². The SMILES string of the molecule is CC(Nc1ccn(C)n1)C(=O)Nc1ccccc1C(C)C. The molecule has 2 rings (SSSR count). The molecule has 0 saturated carbocycles. The van der Waals surface area contributed by atoms with E-state index in [9.17, 15) is 4.79 Å². The molecule has 1 aromatic carbocycles.